The third-order valence-corrected chi connectivity index (χ3v) is 11.6. The molecule has 1 spiro atoms. The van der Waals surface area contributed by atoms with Crippen molar-refractivity contribution < 1.29 is 19.1 Å². The Morgan fingerprint density at radius 3 is 2.58 bits per heavy atom. The van der Waals surface area contributed by atoms with Gasteiger partial charge in [-0.3, -0.25) is 14.4 Å². The molecule has 6 unspecified atom stereocenters. The van der Waals surface area contributed by atoms with Gasteiger partial charge >= 0.3 is 0 Å². The van der Waals surface area contributed by atoms with Gasteiger partial charge in [-0.15, -0.1) is 0 Å². The first-order valence-corrected chi connectivity index (χ1v) is 16.7. The van der Waals surface area contributed by atoms with Crippen molar-refractivity contribution in [3.8, 4) is 0 Å². The van der Waals surface area contributed by atoms with Crippen LogP contribution in [0.2, 0.25) is 5.02 Å². The molecule has 4 aliphatic heterocycles. The molecule has 4 fully saturated rings. The van der Waals surface area contributed by atoms with E-state index in [1.807, 2.05) is 31.2 Å². The molecule has 9 heteroatoms. The number of benzene rings is 1. The Kier molecular flexibility index (Phi) is 8.66. The van der Waals surface area contributed by atoms with Crippen LogP contribution in [0.15, 0.2) is 30.4 Å². The van der Waals surface area contributed by atoms with E-state index in [9.17, 15) is 14.4 Å². The van der Waals surface area contributed by atoms with Gasteiger partial charge in [0.05, 0.1) is 17.9 Å². The van der Waals surface area contributed by atoms with Gasteiger partial charge in [0.25, 0.3) is 0 Å². The summed E-state index contributed by atoms with van der Waals surface area (Å²) in [7, 11) is 0. The van der Waals surface area contributed by atoms with Gasteiger partial charge in [0.15, 0.2) is 0 Å². The zero-order valence-electron chi connectivity index (χ0n) is 26.0. The normalized spacial score (nSPS) is 35.8. The predicted octanol–water partition coefficient (Wildman–Crippen LogP) is 4.80. The highest BCUT2D eigenvalue weighted by Crippen LogP contribution is 2.55. The maximum absolute atomic E-state index is 14.3. The Labute approximate surface area is 260 Å². The van der Waals surface area contributed by atoms with Crippen LogP contribution >= 0.6 is 11.6 Å². The zero-order valence-corrected chi connectivity index (χ0v) is 26.7. The van der Waals surface area contributed by atoms with E-state index < -0.39 is 29.6 Å². The van der Waals surface area contributed by atoms with E-state index in [1.165, 1.54) is 19.3 Å². The summed E-state index contributed by atoms with van der Waals surface area (Å²) < 4.78 is 6.55. The molecule has 6 rings (SSSR count). The monoisotopic (exact) mass is 610 g/mol. The van der Waals surface area contributed by atoms with E-state index in [-0.39, 0.29) is 23.8 Å². The second kappa shape index (κ2) is 12.2. The fourth-order valence-corrected chi connectivity index (χ4v) is 8.38. The van der Waals surface area contributed by atoms with Crippen molar-refractivity contribution in [2.75, 3.05) is 31.5 Å². The summed E-state index contributed by atoms with van der Waals surface area (Å²) >= 11 is 6.32. The van der Waals surface area contributed by atoms with E-state index in [0.29, 0.717) is 29.1 Å². The molecular formula is C34H47ClN4O4. The minimum Gasteiger partial charge on any atom is -0.359 e. The third kappa shape index (κ3) is 5.64. The molecule has 1 aliphatic carbocycles. The lowest BCUT2D eigenvalue weighted by Crippen LogP contribution is -2.58. The molecule has 3 amide bonds. The topological polar surface area (TPSA) is 91.0 Å². The lowest BCUT2D eigenvalue weighted by Gasteiger charge is -2.38. The molecule has 43 heavy (non-hydrogen) atoms. The van der Waals surface area contributed by atoms with Crippen LogP contribution in [0.1, 0.15) is 64.9 Å². The molecule has 1 saturated carbocycles. The highest BCUT2D eigenvalue weighted by molar-refractivity contribution is 6.31. The largest absolute Gasteiger partial charge is 0.359 e. The van der Waals surface area contributed by atoms with Gasteiger partial charge in [-0.05, 0) is 87.7 Å². The van der Waals surface area contributed by atoms with Crippen LogP contribution in [-0.4, -0.2) is 77.5 Å². The van der Waals surface area contributed by atoms with Crippen molar-refractivity contribution in [2.24, 2.45) is 29.6 Å². The molecule has 1 aromatic rings. The lowest BCUT2D eigenvalue weighted by atomic mass is 9.73. The minimum atomic E-state index is -1.15. The number of nitrogens with zero attached hydrogens (tertiary/aromatic N) is 2. The second-order valence-corrected chi connectivity index (χ2v) is 14.4. The van der Waals surface area contributed by atoms with Gasteiger partial charge < -0.3 is 25.2 Å². The number of carbonyl (C=O) groups excluding carboxylic acids is 3. The highest BCUT2D eigenvalue weighted by atomic mass is 35.5. The van der Waals surface area contributed by atoms with Gasteiger partial charge in [0.1, 0.15) is 11.6 Å². The van der Waals surface area contributed by atoms with Crippen LogP contribution in [0, 0.1) is 36.5 Å². The number of halogens is 1. The van der Waals surface area contributed by atoms with Crippen molar-refractivity contribution >= 4 is 35.0 Å². The summed E-state index contributed by atoms with van der Waals surface area (Å²) in [6, 6.07) is 4.65. The summed E-state index contributed by atoms with van der Waals surface area (Å²) in [4.78, 5) is 46.5. The summed E-state index contributed by atoms with van der Waals surface area (Å²) in [5, 5.41) is 6.89. The second-order valence-electron chi connectivity index (χ2n) is 13.9. The van der Waals surface area contributed by atoms with E-state index in [0.717, 1.165) is 50.4 Å². The van der Waals surface area contributed by atoms with Crippen molar-refractivity contribution in [3.63, 3.8) is 0 Å². The Balaban J connectivity index is 1.24. The predicted molar refractivity (Wildman–Crippen MR) is 168 cm³/mol. The highest BCUT2D eigenvalue weighted by Gasteiger charge is 2.72. The summed E-state index contributed by atoms with van der Waals surface area (Å²) in [6.45, 7) is 12.2. The van der Waals surface area contributed by atoms with Crippen molar-refractivity contribution in [2.45, 2.75) is 90.0 Å². The number of anilines is 1. The van der Waals surface area contributed by atoms with Crippen LogP contribution in [-0.2, 0) is 19.1 Å². The summed E-state index contributed by atoms with van der Waals surface area (Å²) in [5.41, 5.74) is 0.346. The number of nitrogens with one attached hydrogen (secondary N) is 2. The zero-order chi connectivity index (χ0) is 30.5. The molecule has 4 heterocycles. The number of ether oxygens (including phenoxy) is 1. The summed E-state index contributed by atoms with van der Waals surface area (Å²) in [5.74, 6) is -0.446. The Morgan fingerprint density at radius 2 is 1.84 bits per heavy atom. The molecule has 0 aromatic heterocycles. The van der Waals surface area contributed by atoms with Gasteiger partial charge in [0, 0.05) is 23.3 Å². The fraction of sp³-hybridized carbons (Fsp3) is 0.676. The van der Waals surface area contributed by atoms with E-state index >= 15 is 0 Å². The number of carbonyl (C=O) groups is 3. The van der Waals surface area contributed by atoms with Crippen LogP contribution in [0.4, 0.5) is 5.69 Å². The molecular weight excluding hydrogens is 564 g/mol. The molecule has 5 aliphatic rings. The lowest BCUT2D eigenvalue weighted by molar-refractivity contribution is -0.141. The average molecular weight is 611 g/mol. The molecule has 2 bridgehead atoms. The Morgan fingerprint density at radius 1 is 1.07 bits per heavy atom. The quantitative estimate of drug-likeness (QED) is 0.413. The third-order valence-electron chi connectivity index (χ3n) is 11.1. The number of rotatable bonds is 8. The standard InChI is InChI=1S/C34H47ClN4O4/c1-20-12-17-38(18-13-20)15-6-16-39-30(32(41)37-26-8-5-7-21(2)23(26)4)34-14-11-27(43-34)28(29(34)33(39)42)31(40)36-24-10-9-22(3)25(35)19-24/h9-11,14,19-21,23,26-30H,5-8,12-13,15-18H2,1-4H3,(H,36,40)(H,37,41)/t21?,23?,26?,27-,28?,29-,30?,34?/m0/s1. The first-order valence-electron chi connectivity index (χ1n) is 16.4. The SMILES string of the molecule is Cc1ccc(NC(=O)C2[C@@H]3C=CC4(O3)C(C(=O)NC3CCCC(C)C3C)N(CCCN3CCC(C)CC3)C(=O)[C@H]24)cc1Cl. The number of amides is 3. The van der Waals surface area contributed by atoms with Crippen LogP contribution in [0.3, 0.4) is 0 Å². The molecule has 0 radical (unpaired) electrons. The molecule has 3 saturated heterocycles. The number of fused-ring (bicyclic) bond motifs is 1. The number of hydrogen-bond acceptors (Lipinski definition) is 5. The maximum Gasteiger partial charge on any atom is 0.246 e. The van der Waals surface area contributed by atoms with Crippen LogP contribution < -0.4 is 10.6 Å². The Hall–Kier alpha value is -2.42. The molecule has 1 aromatic carbocycles. The van der Waals surface area contributed by atoms with Gasteiger partial charge in [-0.2, -0.15) is 0 Å². The van der Waals surface area contributed by atoms with Gasteiger partial charge in [0.2, 0.25) is 17.7 Å². The van der Waals surface area contributed by atoms with E-state index in [4.69, 9.17) is 16.3 Å². The molecule has 2 N–H and O–H groups in total. The Bertz CT molecular complexity index is 1280. The van der Waals surface area contributed by atoms with E-state index in [1.54, 1.807) is 11.0 Å². The number of aryl methyl sites for hydroxylation is 1. The molecule has 8 atom stereocenters. The van der Waals surface area contributed by atoms with Crippen molar-refractivity contribution in [3.05, 3.63) is 40.9 Å². The molecule has 8 nitrogen and oxygen atoms in total. The number of piperidine rings is 1. The van der Waals surface area contributed by atoms with Gasteiger partial charge in [-0.25, -0.2) is 0 Å². The minimum absolute atomic E-state index is 0.0620. The first-order chi connectivity index (χ1) is 20.6. The van der Waals surface area contributed by atoms with Crippen LogP contribution in [0.5, 0.6) is 0 Å². The van der Waals surface area contributed by atoms with Crippen LogP contribution in [0.25, 0.3) is 0 Å². The van der Waals surface area contributed by atoms with E-state index in [2.05, 4.69) is 36.3 Å². The smallest absolute Gasteiger partial charge is 0.246 e. The van der Waals surface area contributed by atoms with Crippen molar-refractivity contribution in [1.82, 2.24) is 15.1 Å². The fourth-order valence-electron chi connectivity index (χ4n) is 8.20. The number of likely N-dealkylation sites (tertiary alicyclic amines) is 2. The molecule has 234 valence electrons. The van der Waals surface area contributed by atoms with Gasteiger partial charge in [-0.1, -0.05) is 63.4 Å². The maximum atomic E-state index is 14.3. The van der Waals surface area contributed by atoms with Crippen molar-refractivity contribution in [1.29, 1.82) is 0 Å². The summed E-state index contributed by atoms with van der Waals surface area (Å²) in [6.07, 6.45) is 9.56. The first kappa shape index (κ1) is 30.6. The average Bonchev–Trinajstić information content (AvgIpc) is 3.62. The number of hydrogen-bond donors (Lipinski definition) is 2.